The Morgan fingerprint density at radius 2 is 2.08 bits per heavy atom. The molecule has 0 aliphatic carbocycles. The lowest BCUT2D eigenvalue weighted by Gasteiger charge is -2.28. The van der Waals surface area contributed by atoms with Gasteiger partial charge in [0.25, 0.3) is 5.92 Å². The molecule has 0 spiro atoms. The molecule has 78 valence electrons. The van der Waals surface area contributed by atoms with Gasteiger partial charge in [-0.05, 0) is 13.8 Å². The zero-order chi connectivity index (χ0) is 10.5. The predicted molar refractivity (Wildman–Crippen MR) is 50.9 cm³/mol. The van der Waals surface area contributed by atoms with Gasteiger partial charge in [-0.25, -0.2) is 8.78 Å². The minimum atomic E-state index is -2.80. The topological polar surface area (TPSA) is 29.3 Å². The summed E-state index contributed by atoms with van der Waals surface area (Å²) in [5.74, 6) is -2.80. The molecule has 0 unspecified atom stereocenters. The third-order valence-corrected chi connectivity index (χ3v) is 1.83. The van der Waals surface area contributed by atoms with Crippen molar-refractivity contribution in [3.8, 4) is 0 Å². The number of nitrogens with two attached hydrogens (primary N) is 1. The first kappa shape index (κ1) is 12.5. The van der Waals surface area contributed by atoms with E-state index < -0.39 is 12.5 Å². The van der Waals surface area contributed by atoms with Crippen molar-refractivity contribution < 1.29 is 8.78 Å². The molecule has 0 aromatic heterocycles. The molecule has 0 aliphatic heterocycles. The largest absolute Gasteiger partial charge is 0.325 e. The minimum Gasteiger partial charge on any atom is -0.325 e. The summed E-state index contributed by atoms with van der Waals surface area (Å²) in [5.41, 5.74) is 4.95. The summed E-state index contributed by atoms with van der Waals surface area (Å²) in [6.45, 7) is 6.83. The second kappa shape index (κ2) is 5.29. The maximum Gasteiger partial charge on any atom is 0.272 e. The van der Waals surface area contributed by atoms with Crippen LogP contribution in [0.1, 0.15) is 13.8 Å². The molecule has 0 saturated heterocycles. The maximum absolute atomic E-state index is 12.9. The number of hydrogen-bond acceptors (Lipinski definition) is 2. The number of nitrogens with zero attached hydrogens (tertiary/aromatic N) is 1. The van der Waals surface area contributed by atoms with E-state index >= 15 is 0 Å². The summed E-state index contributed by atoms with van der Waals surface area (Å²) in [4.78, 5) is 1.64. The Morgan fingerprint density at radius 3 is 2.38 bits per heavy atom. The Balaban J connectivity index is 4.16. The predicted octanol–water partition coefficient (Wildman–Crippen LogP) is 1.48. The van der Waals surface area contributed by atoms with Gasteiger partial charge in [0.2, 0.25) is 0 Å². The lowest BCUT2D eigenvalue weighted by molar-refractivity contribution is -0.0278. The van der Waals surface area contributed by atoms with Crippen molar-refractivity contribution in [3.05, 3.63) is 12.7 Å². The monoisotopic (exact) mass is 192 g/mol. The molecule has 0 fully saturated rings. The van der Waals surface area contributed by atoms with Gasteiger partial charge in [0, 0.05) is 12.6 Å². The van der Waals surface area contributed by atoms with Crippen LogP contribution in [0.4, 0.5) is 8.78 Å². The van der Waals surface area contributed by atoms with Crippen LogP contribution in [0.25, 0.3) is 0 Å². The fraction of sp³-hybridized carbons (Fsp3) is 0.778. The number of hydrogen-bond donors (Lipinski definition) is 1. The third kappa shape index (κ3) is 4.95. The second-order valence-corrected chi connectivity index (χ2v) is 3.37. The molecule has 0 aliphatic rings. The first-order valence-electron chi connectivity index (χ1n) is 4.36. The first-order chi connectivity index (χ1) is 5.93. The molecule has 0 atom stereocenters. The highest BCUT2D eigenvalue weighted by Crippen LogP contribution is 2.14. The number of halogens is 2. The zero-order valence-electron chi connectivity index (χ0n) is 8.26. The minimum absolute atomic E-state index is 0.0791. The van der Waals surface area contributed by atoms with Crippen LogP contribution in [-0.2, 0) is 0 Å². The maximum atomic E-state index is 12.9. The van der Waals surface area contributed by atoms with E-state index in [9.17, 15) is 8.78 Å². The smallest absolute Gasteiger partial charge is 0.272 e. The van der Waals surface area contributed by atoms with Crippen LogP contribution in [0.3, 0.4) is 0 Å². The Bertz CT molecular complexity index is 158. The van der Waals surface area contributed by atoms with Gasteiger partial charge in [-0.2, -0.15) is 0 Å². The van der Waals surface area contributed by atoms with Gasteiger partial charge < -0.3 is 5.73 Å². The van der Waals surface area contributed by atoms with Crippen LogP contribution in [0.2, 0.25) is 0 Å². The summed E-state index contributed by atoms with van der Waals surface area (Å²) < 4.78 is 25.8. The normalized spacial score (nSPS) is 12.5. The van der Waals surface area contributed by atoms with Crippen LogP contribution in [0.5, 0.6) is 0 Å². The number of rotatable bonds is 6. The van der Waals surface area contributed by atoms with Gasteiger partial charge in [-0.15, -0.1) is 6.58 Å². The van der Waals surface area contributed by atoms with Crippen LogP contribution in [-0.4, -0.2) is 36.5 Å². The quantitative estimate of drug-likeness (QED) is 0.646. The van der Waals surface area contributed by atoms with Gasteiger partial charge in [0.1, 0.15) is 0 Å². The van der Waals surface area contributed by atoms with E-state index in [-0.39, 0.29) is 12.6 Å². The Labute approximate surface area is 78.4 Å². The van der Waals surface area contributed by atoms with E-state index in [1.807, 2.05) is 13.8 Å². The summed E-state index contributed by atoms with van der Waals surface area (Å²) in [7, 11) is 0. The average Bonchev–Trinajstić information content (AvgIpc) is 2.03. The molecule has 0 bridgehead atoms. The van der Waals surface area contributed by atoms with E-state index in [1.165, 1.54) is 0 Å². The van der Waals surface area contributed by atoms with Crippen molar-refractivity contribution in [2.24, 2.45) is 5.73 Å². The van der Waals surface area contributed by atoms with Crippen LogP contribution in [0, 0.1) is 0 Å². The lowest BCUT2D eigenvalue weighted by atomic mass is 10.2. The molecule has 0 saturated carbocycles. The van der Waals surface area contributed by atoms with Crippen molar-refractivity contribution in [3.63, 3.8) is 0 Å². The summed E-state index contributed by atoms with van der Waals surface area (Å²) in [6, 6.07) is 0.0791. The molecular formula is C9H18F2N2. The molecule has 0 amide bonds. The van der Waals surface area contributed by atoms with Crippen molar-refractivity contribution in [2.45, 2.75) is 25.8 Å². The van der Waals surface area contributed by atoms with E-state index in [0.29, 0.717) is 6.54 Å². The molecule has 13 heavy (non-hydrogen) atoms. The van der Waals surface area contributed by atoms with Gasteiger partial charge in [0.15, 0.2) is 0 Å². The highest BCUT2D eigenvalue weighted by molar-refractivity contribution is 4.81. The van der Waals surface area contributed by atoms with Crippen LogP contribution < -0.4 is 5.73 Å². The van der Waals surface area contributed by atoms with E-state index in [1.54, 1.807) is 11.0 Å². The molecule has 0 radical (unpaired) electrons. The number of alkyl halides is 2. The SMILES string of the molecule is C=CCN(CC(F)(F)CN)C(C)C. The Kier molecular flexibility index (Phi) is 5.10. The van der Waals surface area contributed by atoms with Gasteiger partial charge in [-0.3, -0.25) is 4.90 Å². The molecule has 0 rings (SSSR count). The summed E-state index contributed by atoms with van der Waals surface area (Å²) in [6.07, 6.45) is 1.62. The second-order valence-electron chi connectivity index (χ2n) is 3.37. The van der Waals surface area contributed by atoms with Crippen molar-refractivity contribution in [1.29, 1.82) is 0 Å². The molecule has 0 heterocycles. The van der Waals surface area contributed by atoms with E-state index in [2.05, 4.69) is 6.58 Å². The average molecular weight is 192 g/mol. The van der Waals surface area contributed by atoms with Gasteiger partial charge >= 0.3 is 0 Å². The standard InChI is InChI=1S/C9H18F2N2/c1-4-5-13(8(2)3)7-9(10,11)6-12/h4,8H,1,5-7,12H2,2-3H3. The molecule has 0 aromatic carbocycles. The van der Waals surface area contributed by atoms with Crippen LogP contribution >= 0.6 is 0 Å². The molecule has 2 nitrogen and oxygen atoms in total. The van der Waals surface area contributed by atoms with Crippen LogP contribution in [0.15, 0.2) is 12.7 Å². The fourth-order valence-corrected chi connectivity index (χ4v) is 0.985. The molecular weight excluding hydrogens is 174 g/mol. The highest BCUT2D eigenvalue weighted by Gasteiger charge is 2.30. The lowest BCUT2D eigenvalue weighted by Crippen LogP contribution is -2.44. The van der Waals surface area contributed by atoms with E-state index in [0.717, 1.165) is 0 Å². The fourth-order valence-electron chi connectivity index (χ4n) is 0.985. The Morgan fingerprint density at radius 1 is 1.54 bits per heavy atom. The molecule has 0 aromatic rings. The Hall–Kier alpha value is -0.480. The van der Waals surface area contributed by atoms with Crippen molar-refractivity contribution >= 4 is 0 Å². The summed E-state index contributed by atoms with van der Waals surface area (Å²) in [5, 5.41) is 0. The van der Waals surface area contributed by atoms with Crippen molar-refractivity contribution in [1.82, 2.24) is 4.90 Å². The molecule has 4 heteroatoms. The molecule has 2 N–H and O–H groups in total. The zero-order valence-corrected chi connectivity index (χ0v) is 8.26. The highest BCUT2D eigenvalue weighted by atomic mass is 19.3. The third-order valence-electron chi connectivity index (χ3n) is 1.83. The van der Waals surface area contributed by atoms with Crippen molar-refractivity contribution in [2.75, 3.05) is 19.6 Å². The van der Waals surface area contributed by atoms with Gasteiger partial charge in [-0.1, -0.05) is 6.08 Å². The summed E-state index contributed by atoms with van der Waals surface area (Å²) >= 11 is 0. The van der Waals surface area contributed by atoms with Gasteiger partial charge in [0.05, 0.1) is 13.1 Å². The first-order valence-corrected chi connectivity index (χ1v) is 4.36. The van der Waals surface area contributed by atoms with E-state index in [4.69, 9.17) is 5.73 Å².